The molecule has 0 atom stereocenters. The summed E-state index contributed by atoms with van der Waals surface area (Å²) in [5, 5.41) is 7.52. The topological polar surface area (TPSA) is 57.3 Å². The zero-order valence-corrected chi connectivity index (χ0v) is 14.9. The van der Waals surface area contributed by atoms with Gasteiger partial charge >= 0.3 is 0 Å². The Hall–Kier alpha value is -0.980. The molecule has 1 amide bonds. The van der Waals surface area contributed by atoms with Gasteiger partial charge in [-0.2, -0.15) is 0 Å². The second-order valence-corrected chi connectivity index (χ2v) is 8.10. The summed E-state index contributed by atoms with van der Waals surface area (Å²) in [5.74, 6) is 0.103. The first-order valence-corrected chi connectivity index (χ1v) is 8.81. The number of carbonyl (C=O) groups is 1. The van der Waals surface area contributed by atoms with Crippen molar-refractivity contribution >= 4 is 17.2 Å². The maximum absolute atomic E-state index is 11.4. The summed E-state index contributed by atoms with van der Waals surface area (Å²) in [4.78, 5) is 19.4. The first-order valence-electron chi connectivity index (χ1n) is 8.00. The summed E-state index contributed by atoms with van der Waals surface area (Å²) < 4.78 is 0. The number of thiazole rings is 1. The van der Waals surface area contributed by atoms with Gasteiger partial charge in [-0.15, -0.1) is 11.3 Å². The normalized spacial score (nSPS) is 17.6. The minimum absolute atomic E-state index is 0.103. The molecule has 2 rings (SSSR count). The highest BCUT2D eigenvalue weighted by molar-refractivity contribution is 7.11. The summed E-state index contributed by atoms with van der Waals surface area (Å²) in [6.07, 6.45) is 4.20. The lowest BCUT2D eigenvalue weighted by molar-refractivity contribution is -0.122. The first kappa shape index (κ1) is 17.4. The largest absolute Gasteiger partial charge is 0.358 e. The number of likely N-dealkylation sites (tertiary alicyclic amines) is 1. The van der Waals surface area contributed by atoms with Crippen LogP contribution in [0.2, 0.25) is 0 Å². The van der Waals surface area contributed by atoms with Crippen molar-refractivity contribution in [1.29, 1.82) is 0 Å². The molecule has 2 heterocycles. The number of likely N-dealkylation sites (N-methyl/N-ethyl adjacent to an activating group) is 1. The second kappa shape index (κ2) is 7.53. The fourth-order valence-corrected chi connectivity index (χ4v) is 3.48. The van der Waals surface area contributed by atoms with Crippen LogP contribution >= 0.6 is 11.3 Å². The molecule has 0 unspecified atom stereocenters. The van der Waals surface area contributed by atoms with Crippen LogP contribution in [0.5, 0.6) is 0 Å². The van der Waals surface area contributed by atoms with Crippen LogP contribution in [0.15, 0.2) is 6.20 Å². The minimum Gasteiger partial charge on any atom is -0.358 e. The second-order valence-electron chi connectivity index (χ2n) is 6.99. The van der Waals surface area contributed by atoms with E-state index in [0.717, 1.165) is 32.5 Å². The SMILES string of the molecule is CNC(=O)CN1CCC(NCc2cnc(C(C)(C)C)s2)CC1. The highest BCUT2D eigenvalue weighted by Gasteiger charge is 2.21. The molecule has 1 saturated heterocycles. The zero-order valence-electron chi connectivity index (χ0n) is 14.1. The molecular weight excluding hydrogens is 296 g/mol. The standard InChI is InChI=1S/C16H28N4OS/c1-16(2,3)15-19-10-13(22-15)9-18-12-5-7-20(8-6-12)11-14(21)17-4/h10,12,18H,5-9,11H2,1-4H3,(H,17,21). The fraction of sp³-hybridized carbons (Fsp3) is 0.750. The molecule has 5 nitrogen and oxygen atoms in total. The van der Waals surface area contributed by atoms with Crippen molar-refractivity contribution in [3.05, 3.63) is 16.1 Å². The van der Waals surface area contributed by atoms with Gasteiger partial charge in [0, 0.05) is 49.2 Å². The van der Waals surface area contributed by atoms with Gasteiger partial charge in [-0.1, -0.05) is 20.8 Å². The molecular formula is C16H28N4OS. The van der Waals surface area contributed by atoms with E-state index in [1.165, 1.54) is 9.88 Å². The lowest BCUT2D eigenvalue weighted by Crippen LogP contribution is -2.45. The molecule has 1 aliphatic rings. The number of hydrogen-bond donors (Lipinski definition) is 2. The third-order valence-electron chi connectivity index (χ3n) is 3.99. The van der Waals surface area contributed by atoms with Crippen LogP contribution in [0.1, 0.15) is 43.5 Å². The third-order valence-corrected chi connectivity index (χ3v) is 5.42. The molecule has 0 radical (unpaired) electrons. The van der Waals surface area contributed by atoms with Gasteiger partial charge in [0.2, 0.25) is 5.91 Å². The fourth-order valence-electron chi connectivity index (χ4n) is 2.56. The van der Waals surface area contributed by atoms with Crippen LogP contribution in [-0.4, -0.2) is 48.5 Å². The predicted octanol–water partition coefficient (Wildman–Crippen LogP) is 1.74. The minimum atomic E-state index is 0.103. The molecule has 2 N–H and O–H groups in total. The Kier molecular flexibility index (Phi) is 5.94. The maximum Gasteiger partial charge on any atom is 0.233 e. The highest BCUT2D eigenvalue weighted by Crippen LogP contribution is 2.26. The van der Waals surface area contributed by atoms with Gasteiger partial charge in [-0.05, 0) is 12.8 Å². The van der Waals surface area contributed by atoms with Crippen molar-refractivity contribution in [3.8, 4) is 0 Å². The van der Waals surface area contributed by atoms with Gasteiger partial charge in [0.1, 0.15) is 0 Å². The number of piperidine rings is 1. The van der Waals surface area contributed by atoms with E-state index in [2.05, 4.69) is 41.3 Å². The predicted molar refractivity (Wildman–Crippen MR) is 91.2 cm³/mol. The monoisotopic (exact) mass is 324 g/mol. The summed E-state index contributed by atoms with van der Waals surface area (Å²) in [5.41, 5.74) is 0.133. The van der Waals surface area contributed by atoms with Crippen molar-refractivity contribution in [2.75, 3.05) is 26.7 Å². The van der Waals surface area contributed by atoms with Crippen LogP contribution in [0, 0.1) is 0 Å². The van der Waals surface area contributed by atoms with Crippen molar-refractivity contribution < 1.29 is 4.79 Å². The molecule has 6 heteroatoms. The number of amides is 1. The first-order chi connectivity index (χ1) is 10.4. The lowest BCUT2D eigenvalue weighted by atomic mass is 9.98. The van der Waals surface area contributed by atoms with Crippen molar-refractivity contribution in [2.24, 2.45) is 0 Å². The highest BCUT2D eigenvalue weighted by atomic mass is 32.1. The quantitative estimate of drug-likeness (QED) is 0.866. The Labute approximate surface area is 137 Å². The molecule has 1 aromatic rings. The Morgan fingerprint density at radius 1 is 1.41 bits per heavy atom. The Morgan fingerprint density at radius 2 is 2.09 bits per heavy atom. The number of rotatable bonds is 5. The van der Waals surface area contributed by atoms with Gasteiger partial charge in [0.15, 0.2) is 0 Å². The van der Waals surface area contributed by atoms with Crippen LogP contribution in [0.4, 0.5) is 0 Å². The van der Waals surface area contributed by atoms with Crippen molar-refractivity contribution in [2.45, 2.75) is 51.6 Å². The third kappa shape index (κ3) is 5.04. The van der Waals surface area contributed by atoms with Crippen LogP contribution in [0.3, 0.4) is 0 Å². The average Bonchev–Trinajstić information content (AvgIpc) is 2.95. The van der Waals surface area contributed by atoms with Gasteiger partial charge < -0.3 is 10.6 Å². The summed E-state index contributed by atoms with van der Waals surface area (Å²) in [7, 11) is 1.69. The molecule has 124 valence electrons. The van der Waals surface area contributed by atoms with E-state index >= 15 is 0 Å². The molecule has 22 heavy (non-hydrogen) atoms. The molecule has 1 aliphatic heterocycles. The van der Waals surface area contributed by atoms with Gasteiger partial charge in [0.05, 0.1) is 11.6 Å². The van der Waals surface area contributed by atoms with E-state index in [4.69, 9.17) is 0 Å². The van der Waals surface area contributed by atoms with E-state index in [1.54, 1.807) is 18.4 Å². The number of nitrogens with zero attached hydrogens (tertiary/aromatic N) is 2. The summed E-state index contributed by atoms with van der Waals surface area (Å²) in [6, 6.07) is 0.543. The summed E-state index contributed by atoms with van der Waals surface area (Å²) >= 11 is 1.80. The number of carbonyl (C=O) groups excluding carboxylic acids is 1. The van der Waals surface area contributed by atoms with E-state index in [1.807, 2.05) is 6.20 Å². The lowest BCUT2D eigenvalue weighted by Gasteiger charge is -2.31. The van der Waals surface area contributed by atoms with E-state index in [-0.39, 0.29) is 11.3 Å². The Balaban J connectivity index is 1.73. The number of hydrogen-bond acceptors (Lipinski definition) is 5. The molecule has 0 saturated carbocycles. The molecule has 1 aromatic heterocycles. The van der Waals surface area contributed by atoms with Gasteiger partial charge in [0.25, 0.3) is 0 Å². The molecule has 0 aromatic carbocycles. The number of nitrogens with one attached hydrogen (secondary N) is 2. The molecule has 0 spiro atoms. The maximum atomic E-state index is 11.4. The van der Waals surface area contributed by atoms with Gasteiger partial charge in [-0.3, -0.25) is 9.69 Å². The van der Waals surface area contributed by atoms with Crippen molar-refractivity contribution in [1.82, 2.24) is 20.5 Å². The average molecular weight is 324 g/mol. The van der Waals surface area contributed by atoms with E-state index < -0.39 is 0 Å². The molecule has 1 fully saturated rings. The molecule has 0 aliphatic carbocycles. The van der Waals surface area contributed by atoms with Crippen LogP contribution in [0.25, 0.3) is 0 Å². The summed E-state index contributed by atoms with van der Waals surface area (Å²) in [6.45, 7) is 9.99. The number of aromatic nitrogens is 1. The van der Waals surface area contributed by atoms with Crippen LogP contribution < -0.4 is 10.6 Å². The van der Waals surface area contributed by atoms with E-state index in [0.29, 0.717) is 12.6 Å². The molecule has 0 bridgehead atoms. The van der Waals surface area contributed by atoms with E-state index in [9.17, 15) is 4.79 Å². The smallest absolute Gasteiger partial charge is 0.233 e. The van der Waals surface area contributed by atoms with Crippen LogP contribution in [-0.2, 0) is 16.8 Å². The van der Waals surface area contributed by atoms with Crippen molar-refractivity contribution in [3.63, 3.8) is 0 Å². The van der Waals surface area contributed by atoms with Gasteiger partial charge in [-0.25, -0.2) is 4.98 Å². The Bertz CT molecular complexity index is 487. The zero-order chi connectivity index (χ0) is 16.2. The Morgan fingerprint density at radius 3 is 2.64 bits per heavy atom.